The maximum Gasteiger partial charge on any atom is 0.0845 e. The fourth-order valence-electron chi connectivity index (χ4n) is 2.22. The topological polar surface area (TPSA) is 42.7 Å². The number of likely N-dealkylation sites (N-methyl/N-ethyl adjacent to an activating group) is 1. The molecule has 0 aliphatic carbocycles. The highest BCUT2D eigenvalue weighted by Crippen LogP contribution is 2.22. The first-order valence-electron chi connectivity index (χ1n) is 6.44. The van der Waals surface area contributed by atoms with Crippen LogP contribution in [0.15, 0.2) is 24.4 Å². The summed E-state index contributed by atoms with van der Waals surface area (Å²) in [6, 6.07) is 6.35. The van der Waals surface area contributed by atoms with Crippen LogP contribution in [0.3, 0.4) is 0 Å². The number of aromatic nitrogens is 3. The van der Waals surface area contributed by atoms with Crippen LogP contribution in [0, 0.1) is 6.92 Å². The molecule has 1 unspecified atom stereocenters. The van der Waals surface area contributed by atoms with E-state index in [9.17, 15) is 0 Å². The summed E-state index contributed by atoms with van der Waals surface area (Å²) in [6.07, 6.45) is 2.75. The van der Waals surface area contributed by atoms with Crippen LogP contribution in [0.5, 0.6) is 0 Å². The largest absolute Gasteiger partial charge is 0.310 e. The van der Waals surface area contributed by atoms with Crippen molar-refractivity contribution in [3.63, 3.8) is 0 Å². The molecule has 19 heavy (non-hydrogen) atoms. The van der Waals surface area contributed by atoms with Crippen molar-refractivity contribution in [3.8, 4) is 0 Å². The van der Waals surface area contributed by atoms with E-state index in [4.69, 9.17) is 11.6 Å². The quantitative estimate of drug-likeness (QED) is 0.914. The number of hydrogen-bond acceptors (Lipinski definition) is 3. The monoisotopic (exact) mass is 278 g/mol. The molecule has 0 aliphatic heterocycles. The molecule has 4 nitrogen and oxygen atoms in total. The number of nitrogens with one attached hydrogen (secondary N) is 1. The molecule has 2 aromatic rings. The highest BCUT2D eigenvalue weighted by Gasteiger charge is 2.14. The van der Waals surface area contributed by atoms with Gasteiger partial charge in [-0.3, -0.25) is 4.68 Å². The average molecular weight is 279 g/mol. The summed E-state index contributed by atoms with van der Waals surface area (Å²) < 4.78 is 1.72. The molecule has 5 heteroatoms. The second kappa shape index (κ2) is 6.17. The Hall–Kier alpha value is -1.39. The van der Waals surface area contributed by atoms with Crippen molar-refractivity contribution in [2.24, 2.45) is 7.05 Å². The minimum atomic E-state index is 0.207. The molecule has 0 aliphatic rings. The van der Waals surface area contributed by atoms with Gasteiger partial charge in [0.2, 0.25) is 0 Å². The van der Waals surface area contributed by atoms with Crippen LogP contribution in [-0.2, 0) is 13.5 Å². The van der Waals surface area contributed by atoms with Crippen LogP contribution < -0.4 is 5.32 Å². The summed E-state index contributed by atoms with van der Waals surface area (Å²) in [5.74, 6) is 0. The van der Waals surface area contributed by atoms with Crippen molar-refractivity contribution in [1.29, 1.82) is 0 Å². The van der Waals surface area contributed by atoms with E-state index in [2.05, 4.69) is 35.5 Å². The van der Waals surface area contributed by atoms with E-state index in [-0.39, 0.29) is 6.04 Å². The van der Waals surface area contributed by atoms with Crippen LogP contribution in [-0.4, -0.2) is 21.5 Å². The van der Waals surface area contributed by atoms with Gasteiger partial charge in [-0.2, -0.15) is 0 Å². The molecule has 0 radical (unpaired) electrons. The third-order valence-electron chi connectivity index (χ3n) is 2.98. The Morgan fingerprint density at radius 3 is 2.74 bits per heavy atom. The summed E-state index contributed by atoms with van der Waals surface area (Å²) in [7, 11) is 1.88. The molecule has 1 aromatic carbocycles. The van der Waals surface area contributed by atoms with Crippen molar-refractivity contribution in [3.05, 3.63) is 46.2 Å². The first-order chi connectivity index (χ1) is 9.08. The van der Waals surface area contributed by atoms with Gasteiger partial charge in [-0.05, 0) is 36.7 Å². The standard InChI is InChI=1S/C14H19ClN4/c1-4-16-14(8-13-9-19(3)18-17-13)11-5-10(2)6-12(15)7-11/h5-7,9,14,16H,4,8H2,1-3H3. The Balaban J connectivity index is 2.23. The Kier molecular flexibility index (Phi) is 4.56. The fraction of sp³-hybridized carbons (Fsp3) is 0.429. The molecule has 0 fully saturated rings. The number of benzene rings is 1. The molecule has 102 valence electrons. The van der Waals surface area contributed by atoms with Crippen molar-refractivity contribution in [2.45, 2.75) is 26.3 Å². The normalized spacial score (nSPS) is 12.6. The summed E-state index contributed by atoms with van der Waals surface area (Å²) >= 11 is 6.14. The van der Waals surface area contributed by atoms with E-state index in [0.29, 0.717) is 0 Å². The maximum absolute atomic E-state index is 6.14. The lowest BCUT2D eigenvalue weighted by Gasteiger charge is -2.18. The maximum atomic E-state index is 6.14. The lowest BCUT2D eigenvalue weighted by atomic mass is 10.0. The van der Waals surface area contributed by atoms with Gasteiger partial charge in [0.25, 0.3) is 0 Å². The number of aryl methyl sites for hydroxylation is 2. The zero-order valence-electron chi connectivity index (χ0n) is 11.5. The van der Waals surface area contributed by atoms with Gasteiger partial charge in [0, 0.05) is 30.7 Å². The molecule has 1 atom stereocenters. The predicted molar refractivity (Wildman–Crippen MR) is 77.3 cm³/mol. The predicted octanol–water partition coefficient (Wildman–Crippen LogP) is 2.67. The van der Waals surface area contributed by atoms with Gasteiger partial charge in [0.15, 0.2) is 0 Å². The van der Waals surface area contributed by atoms with Crippen LogP contribution >= 0.6 is 11.6 Å². The van der Waals surface area contributed by atoms with E-state index in [0.717, 1.165) is 23.7 Å². The molecule has 0 amide bonds. The van der Waals surface area contributed by atoms with E-state index < -0.39 is 0 Å². The second-order valence-corrected chi connectivity index (χ2v) is 5.20. The lowest BCUT2D eigenvalue weighted by molar-refractivity contribution is 0.543. The van der Waals surface area contributed by atoms with E-state index in [1.807, 2.05) is 25.4 Å². The van der Waals surface area contributed by atoms with Gasteiger partial charge in [0.1, 0.15) is 0 Å². The summed E-state index contributed by atoms with van der Waals surface area (Å²) in [4.78, 5) is 0. The van der Waals surface area contributed by atoms with Crippen LogP contribution in [0.1, 0.15) is 29.8 Å². The molecule has 0 bridgehead atoms. The third-order valence-corrected chi connectivity index (χ3v) is 3.20. The zero-order chi connectivity index (χ0) is 13.8. The number of nitrogens with zero attached hydrogens (tertiary/aromatic N) is 3. The number of halogens is 1. The minimum absolute atomic E-state index is 0.207. The van der Waals surface area contributed by atoms with Crippen molar-refractivity contribution in [1.82, 2.24) is 20.3 Å². The van der Waals surface area contributed by atoms with Gasteiger partial charge in [-0.25, -0.2) is 0 Å². The Labute approximate surface area is 118 Å². The molecule has 1 aromatic heterocycles. The van der Waals surface area contributed by atoms with E-state index in [1.54, 1.807) is 4.68 Å². The minimum Gasteiger partial charge on any atom is -0.310 e. The number of rotatable bonds is 5. The lowest BCUT2D eigenvalue weighted by Crippen LogP contribution is -2.23. The molecule has 1 N–H and O–H groups in total. The zero-order valence-corrected chi connectivity index (χ0v) is 12.3. The first kappa shape index (κ1) is 14.0. The highest BCUT2D eigenvalue weighted by molar-refractivity contribution is 6.30. The van der Waals surface area contributed by atoms with Crippen LogP contribution in [0.2, 0.25) is 5.02 Å². The average Bonchev–Trinajstić information content (AvgIpc) is 2.73. The van der Waals surface area contributed by atoms with Gasteiger partial charge in [-0.1, -0.05) is 29.8 Å². The van der Waals surface area contributed by atoms with Gasteiger partial charge in [-0.15, -0.1) is 5.10 Å². The Morgan fingerprint density at radius 2 is 2.16 bits per heavy atom. The van der Waals surface area contributed by atoms with Gasteiger partial charge in [0.05, 0.1) is 5.69 Å². The van der Waals surface area contributed by atoms with Gasteiger partial charge < -0.3 is 5.32 Å². The van der Waals surface area contributed by atoms with E-state index in [1.165, 1.54) is 11.1 Å². The van der Waals surface area contributed by atoms with Crippen molar-refractivity contribution >= 4 is 11.6 Å². The third kappa shape index (κ3) is 3.78. The van der Waals surface area contributed by atoms with E-state index >= 15 is 0 Å². The molecule has 2 rings (SSSR count). The summed E-state index contributed by atoms with van der Waals surface area (Å²) in [5, 5.41) is 12.4. The Morgan fingerprint density at radius 1 is 1.37 bits per heavy atom. The molecule has 0 saturated carbocycles. The summed E-state index contributed by atoms with van der Waals surface area (Å²) in [6.45, 7) is 5.05. The molecule has 1 heterocycles. The SMILES string of the molecule is CCNC(Cc1cn(C)nn1)c1cc(C)cc(Cl)c1. The molecular weight excluding hydrogens is 260 g/mol. The van der Waals surface area contributed by atoms with Crippen molar-refractivity contribution in [2.75, 3.05) is 6.54 Å². The molecule has 0 saturated heterocycles. The first-order valence-corrected chi connectivity index (χ1v) is 6.82. The fourth-order valence-corrected chi connectivity index (χ4v) is 2.52. The van der Waals surface area contributed by atoms with Crippen molar-refractivity contribution < 1.29 is 0 Å². The second-order valence-electron chi connectivity index (χ2n) is 4.76. The Bertz CT molecular complexity index is 530. The smallest absolute Gasteiger partial charge is 0.0845 e. The van der Waals surface area contributed by atoms with Crippen LogP contribution in [0.25, 0.3) is 0 Å². The highest BCUT2D eigenvalue weighted by atomic mass is 35.5. The molecule has 0 spiro atoms. The van der Waals surface area contributed by atoms with Gasteiger partial charge >= 0.3 is 0 Å². The summed E-state index contributed by atoms with van der Waals surface area (Å²) in [5.41, 5.74) is 3.34. The number of hydrogen-bond donors (Lipinski definition) is 1. The molecular formula is C14H19ClN4. The van der Waals surface area contributed by atoms with Crippen LogP contribution in [0.4, 0.5) is 0 Å².